The van der Waals surface area contributed by atoms with Crippen LogP contribution >= 0.6 is 0 Å². The minimum absolute atomic E-state index is 0.0662. The second kappa shape index (κ2) is 5.83. The highest BCUT2D eigenvalue weighted by atomic mass is 32.2. The Morgan fingerprint density at radius 2 is 2.11 bits per heavy atom. The predicted molar refractivity (Wildman–Crippen MR) is 65.5 cm³/mol. The molecule has 0 saturated carbocycles. The summed E-state index contributed by atoms with van der Waals surface area (Å²) in [7, 11) is -3.20. The third-order valence-corrected chi connectivity index (χ3v) is 4.60. The van der Waals surface area contributed by atoms with Gasteiger partial charge in [0.05, 0.1) is 11.0 Å². The number of hydrogen-bond acceptors (Lipinski definition) is 4. The van der Waals surface area contributed by atoms with Gasteiger partial charge in [-0.1, -0.05) is 6.07 Å². The molecule has 0 aliphatic heterocycles. The summed E-state index contributed by atoms with van der Waals surface area (Å²) in [5, 5.41) is 8.28. The maximum Gasteiger partial charge on any atom is 0.155 e. The standard InChI is InChI=1S/C12H14FNO3S/c1-9(2)18(15,16)7-6-17-12-5-3-4-11(13)10(12)8-14/h3-5,9H,6-7H2,1-2H3. The van der Waals surface area contributed by atoms with Crippen molar-refractivity contribution in [3.05, 3.63) is 29.6 Å². The van der Waals surface area contributed by atoms with Gasteiger partial charge in [-0.25, -0.2) is 12.8 Å². The van der Waals surface area contributed by atoms with Crippen LogP contribution in [0.1, 0.15) is 19.4 Å². The minimum Gasteiger partial charge on any atom is -0.491 e. The lowest BCUT2D eigenvalue weighted by Crippen LogP contribution is -2.22. The number of nitriles is 1. The molecule has 0 atom stereocenters. The lowest BCUT2D eigenvalue weighted by atomic mass is 10.2. The molecular weight excluding hydrogens is 257 g/mol. The minimum atomic E-state index is -3.20. The first-order chi connectivity index (χ1) is 8.38. The van der Waals surface area contributed by atoms with Gasteiger partial charge in [0.15, 0.2) is 9.84 Å². The van der Waals surface area contributed by atoms with Crippen molar-refractivity contribution in [3.8, 4) is 11.8 Å². The number of ether oxygens (including phenoxy) is 1. The molecule has 0 unspecified atom stereocenters. The summed E-state index contributed by atoms with van der Waals surface area (Å²) in [6.45, 7) is 3.06. The molecule has 0 aliphatic rings. The number of rotatable bonds is 5. The van der Waals surface area contributed by atoms with Gasteiger partial charge in [-0.15, -0.1) is 0 Å². The van der Waals surface area contributed by atoms with Crippen molar-refractivity contribution >= 4 is 9.84 Å². The van der Waals surface area contributed by atoms with Crippen LogP contribution in [0.4, 0.5) is 4.39 Å². The lowest BCUT2D eigenvalue weighted by molar-refractivity contribution is 0.337. The molecule has 6 heteroatoms. The number of nitrogens with zero attached hydrogens (tertiary/aromatic N) is 1. The fourth-order valence-corrected chi connectivity index (χ4v) is 2.02. The first-order valence-corrected chi connectivity index (χ1v) is 7.13. The van der Waals surface area contributed by atoms with Crippen molar-refractivity contribution in [3.63, 3.8) is 0 Å². The molecular formula is C12H14FNO3S. The van der Waals surface area contributed by atoms with E-state index in [0.717, 1.165) is 6.07 Å². The summed E-state index contributed by atoms with van der Waals surface area (Å²) in [4.78, 5) is 0. The first-order valence-electron chi connectivity index (χ1n) is 5.41. The summed E-state index contributed by atoms with van der Waals surface area (Å²) < 4.78 is 41.4. The van der Waals surface area contributed by atoms with E-state index in [1.807, 2.05) is 0 Å². The fourth-order valence-electron chi connectivity index (χ4n) is 1.24. The summed E-state index contributed by atoms with van der Waals surface area (Å²) in [6, 6.07) is 5.67. The Hall–Kier alpha value is -1.61. The van der Waals surface area contributed by atoms with E-state index in [0.29, 0.717) is 0 Å². The molecule has 0 bridgehead atoms. The van der Waals surface area contributed by atoms with Crippen LogP contribution in [0.2, 0.25) is 0 Å². The van der Waals surface area contributed by atoms with Gasteiger partial charge in [-0.05, 0) is 26.0 Å². The lowest BCUT2D eigenvalue weighted by Gasteiger charge is -2.10. The number of benzene rings is 1. The van der Waals surface area contributed by atoms with Gasteiger partial charge in [0.2, 0.25) is 0 Å². The van der Waals surface area contributed by atoms with Crippen molar-refractivity contribution in [2.24, 2.45) is 0 Å². The van der Waals surface area contributed by atoms with Gasteiger partial charge >= 0.3 is 0 Å². The average Bonchev–Trinajstić information content (AvgIpc) is 2.29. The smallest absolute Gasteiger partial charge is 0.155 e. The molecule has 18 heavy (non-hydrogen) atoms. The van der Waals surface area contributed by atoms with E-state index in [1.165, 1.54) is 12.1 Å². The van der Waals surface area contributed by atoms with Crippen molar-refractivity contribution in [1.29, 1.82) is 5.26 Å². The molecule has 1 aromatic carbocycles. The Kier molecular flexibility index (Phi) is 4.68. The SMILES string of the molecule is CC(C)S(=O)(=O)CCOc1cccc(F)c1C#N. The van der Waals surface area contributed by atoms with Crippen molar-refractivity contribution in [2.45, 2.75) is 19.1 Å². The number of sulfone groups is 1. The molecule has 0 radical (unpaired) electrons. The monoisotopic (exact) mass is 271 g/mol. The Bertz CT molecular complexity index is 561. The molecule has 0 heterocycles. The molecule has 4 nitrogen and oxygen atoms in total. The van der Waals surface area contributed by atoms with E-state index in [2.05, 4.69) is 0 Å². The van der Waals surface area contributed by atoms with Gasteiger partial charge in [0.1, 0.15) is 29.8 Å². The quantitative estimate of drug-likeness (QED) is 0.820. The van der Waals surface area contributed by atoms with Gasteiger partial charge in [-0.2, -0.15) is 5.26 Å². The highest BCUT2D eigenvalue weighted by Crippen LogP contribution is 2.20. The zero-order chi connectivity index (χ0) is 13.8. The van der Waals surface area contributed by atoms with Crippen LogP contribution in [0.5, 0.6) is 5.75 Å². The van der Waals surface area contributed by atoms with Crippen LogP contribution in [0, 0.1) is 17.1 Å². The maximum atomic E-state index is 13.2. The Morgan fingerprint density at radius 3 is 2.67 bits per heavy atom. The fraction of sp³-hybridized carbons (Fsp3) is 0.417. The summed E-state index contributed by atoms with van der Waals surface area (Å²) in [5.74, 6) is -0.773. The molecule has 0 amide bonds. The normalized spacial score (nSPS) is 11.3. The second-order valence-electron chi connectivity index (χ2n) is 3.99. The zero-order valence-corrected chi connectivity index (χ0v) is 11.0. The predicted octanol–water partition coefficient (Wildman–Crippen LogP) is 1.90. The van der Waals surface area contributed by atoms with E-state index in [1.54, 1.807) is 19.9 Å². The Labute approximate surface area is 106 Å². The molecule has 0 fully saturated rings. The first kappa shape index (κ1) is 14.5. The third-order valence-electron chi connectivity index (χ3n) is 2.43. The molecule has 0 aromatic heterocycles. The highest BCUT2D eigenvalue weighted by Gasteiger charge is 2.16. The topological polar surface area (TPSA) is 67.2 Å². The van der Waals surface area contributed by atoms with Crippen LogP contribution in [-0.4, -0.2) is 26.0 Å². The van der Waals surface area contributed by atoms with Crippen LogP contribution in [0.15, 0.2) is 18.2 Å². The van der Waals surface area contributed by atoms with E-state index in [-0.39, 0.29) is 23.7 Å². The molecule has 98 valence electrons. The molecule has 0 spiro atoms. The molecule has 1 rings (SSSR count). The van der Waals surface area contributed by atoms with Gasteiger partial charge < -0.3 is 4.74 Å². The summed E-state index contributed by atoms with van der Waals surface area (Å²) >= 11 is 0. The summed E-state index contributed by atoms with van der Waals surface area (Å²) in [6.07, 6.45) is 0. The van der Waals surface area contributed by atoms with Crippen molar-refractivity contribution < 1.29 is 17.5 Å². The van der Waals surface area contributed by atoms with Gasteiger partial charge in [0.25, 0.3) is 0 Å². The van der Waals surface area contributed by atoms with Crippen molar-refractivity contribution in [1.82, 2.24) is 0 Å². The Balaban J connectivity index is 2.72. The van der Waals surface area contributed by atoms with Crippen LogP contribution in [0.3, 0.4) is 0 Å². The maximum absolute atomic E-state index is 13.2. The third kappa shape index (κ3) is 3.44. The van der Waals surface area contributed by atoms with E-state index >= 15 is 0 Å². The van der Waals surface area contributed by atoms with Crippen LogP contribution in [-0.2, 0) is 9.84 Å². The number of hydrogen-bond donors (Lipinski definition) is 0. The number of halogens is 1. The van der Waals surface area contributed by atoms with E-state index in [4.69, 9.17) is 10.00 Å². The van der Waals surface area contributed by atoms with E-state index < -0.39 is 20.9 Å². The van der Waals surface area contributed by atoms with Gasteiger partial charge in [-0.3, -0.25) is 0 Å². The molecule has 0 saturated heterocycles. The summed E-state index contributed by atoms with van der Waals surface area (Å²) in [5.41, 5.74) is -0.209. The largest absolute Gasteiger partial charge is 0.491 e. The molecule has 0 N–H and O–H groups in total. The van der Waals surface area contributed by atoms with E-state index in [9.17, 15) is 12.8 Å². The molecule has 1 aromatic rings. The zero-order valence-electron chi connectivity index (χ0n) is 10.2. The second-order valence-corrected chi connectivity index (χ2v) is 6.67. The van der Waals surface area contributed by atoms with Gasteiger partial charge in [0, 0.05) is 0 Å². The van der Waals surface area contributed by atoms with Crippen molar-refractivity contribution in [2.75, 3.05) is 12.4 Å². The molecule has 0 aliphatic carbocycles. The highest BCUT2D eigenvalue weighted by molar-refractivity contribution is 7.91. The van der Waals surface area contributed by atoms with Crippen LogP contribution in [0.25, 0.3) is 0 Å². The van der Waals surface area contributed by atoms with Crippen LogP contribution < -0.4 is 4.74 Å². The Morgan fingerprint density at radius 1 is 1.44 bits per heavy atom. The average molecular weight is 271 g/mol.